The van der Waals surface area contributed by atoms with Crippen molar-refractivity contribution in [3.05, 3.63) is 51.9 Å². The molecule has 0 aliphatic heterocycles. The van der Waals surface area contributed by atoms with E-state index in [4.69, 9.17) is 28.3 Å². The van der Waals surface area contributed by atoms with E-state index in [0.29, 0.717) is 17.1 Å². The second-order valence-corrected chi connectivity index (χ2v) is 5.73. The largest absolute Gasteiger partial charge is 0.396 e. The summed E-state index contributed by atoms with van der Waals surface area (Å²) in [6.45, 7) is 2.19. The maximum absolute atomic E-state index is 9.00. The van der Waals surface area contributed by atoms with Crippen LogP contribution in [-0.4, -0.2) is 26.2 Å². The van der Waals surface area contributed by atoms with E-state index in [1.54, 1.807) is 6.07 Å². The molecule has 0 fully saturated rings. The van der Waals surface area contributed by atoms with E-state index < -0.39 is 0 Å². The van der Waals surface area contributed by atoms with Gasteiger partial charge in [-0.2, -0.15) is 0 Å². The third kappa shape index (κ3) is 2.70. The topological polar surface area (TPSA) is 50.9 Å². The number of fused-ring (bicyclic) bond motifs is 1. The summed E-state index contributed by atoms with van der Waals surface area (Å²) in [6, 6.07) is 9.81. The molecule has 2 aromatic heterocycles. The summed E-state index contributed by atoms with van der Waals surface area (Å²) in [5.41, 5.74) is 3.50. The maximum atomic E-state index is 9.00. The first-order chi connectivity index (χ1) is 10.6. The standard InChI is InChI=1S/C16H15Cl2N3O/c1-2-14-19-16-13(9-12(17)15(18)20-16)21(14)11-5-3-10(4-6-11)7-8-22/h3-6,9,22H,2,7-8H2,1H3. The Morgan fingerprint density at radius 1 is 1.14 bits per heavy atom. The van der Waals surface area contributed by atoms with Gasteiger partial charge in [0.05, 0.1) is 10.5 Å². The van der Waals surface area contributed by atoms with E-state index in [2.05, 4.69) is 9.97 Å². The summed E-state index contributed by atoms with van der Waals surface area (Å²) in [7, 11) is 0. The lowest BCUT2D eigenvalue weighted by atomic mass is 10.1. The molecule has 0 spiro atoms. The lowest BCUT2D eigenvalue weighted by molar-refractivity contribution is 0.299. The number of nitrogens with zero attached hydrogens (tertiary/aromatic N) is 3. The zero-order valence-electron chi connectivity index (χ0n) is 12.1. The zero-order valence-corrected chi connectivity index (χ0v) is 13.6. The van der Waals surface area contributed by atoms with Gasteiger partial charge in [0.2, 0.25) is 0 Å². The number of aryl methyl sites for hydroxylation is 1. The molecular formula is C16H15Cl2N3O. The van der Waals surface area contributed by atoms with Crippen molar-refractivity contribution in [2.75, 3.05) is 6.61 Å². The molecule has 1 N–H and O–H groups in total. The van der Waals surface area contributed by atoms with Crippen LogP contribution in [0.4, 0.5) is 0 Å². The van der Waals surface area contributed by atoms with Gasteiger partial charge in [-0.3, -0.25) is 4.57 Å². The van der Waals surface area contributed by atoms with E-state index in [1.807, 2.05) is 35.8 Å². The van der Waals surface area contributed by atoms with Crippen molar-refractivity contribution in [3.8, 4) is 5.69 Å². The Labute approximate surface area is 138 Å². The van der Waals surface area contributed by atoms with Crippen LogP contribution in [0.2, 0.25) is 10.2 Å². The van der Waals surface area contributed by atoms with Crippen molar-refractivity contribution in [2.45, 2.75) is 19.8 Å². The molecule has 0 aliphatic carbocycles. The Kier molecular flexibility index (Phi) is 4.34. The maximum Gasteiger partial charge on any atom is 0.179 e. The summed E-state index contributed by atoms with van der Waals surface area (Å²) in [6.07, 6.45) is 1.42. The number of rotatable bonds is 4. The quantitative estimate of drug-likeness (QED) is 0.737. The minimum Gasteiger partial charge on any atom is -0.396 e. The molecule has 0 radical (unpaired) electrons. The van der Waals surface area contributed by atoms with Gasteiger partial charge >= 0.3 is 0 Å². The number of aliphatic hydroxyl groups is 1. The molecule has 114 valence electrons. The molecule has 22 heavy (non-hydrogen) atoms. The van der Waals surface area contributed by atoms with Gasteiger partial charge in [0, 0.05) is 18.7 Å². The minimum absolute atomic E-state index is 0.144. The summed E-state index contributed by atoms with van der Waals surface area (Å²) < 4.78 is 2.03. The monoisotopic (exact) mass is 335 g/mol. The van der Waals surface area contributed by atoms with Gasteiger partial charge in [-0.15, -0.1) is 0 Å². The number of benzene rings is 1. The Hall–Kier alpha value is -1.62. The molecular weight excluding hydrogens is 321 g/mol. The van der Waals surface area contributed by atoms with Crippen molar-refractivity contribution >= 4 is 34.4 Å². The number of aromatic nitrogens is 3. The summed E-state index contributed by atoms with van der Waals surface area (Å²) in [5, 5.41) is 9.68. The van der Waals surface area contributed by atoms with E-state index in [9.17, 15) is 0 Å². The Morgan fingerprint density at radius 3 is 2.50 bits per heavy atom. The van der Waals surface area contributed by atoms with Crippen molar-refractivity contribution in [2.24, 2.45) is 0 Å². The van der Waals surface area contributed by atoms with E-state index in [0.717, 1.165) is 29.0 Å². The lowest BCUT2D eigenvalue weighted by Crippen LogP contribution is -2.00. The van der Waals surface area contributed by atoms with Crippen LogP contribution in [0.15, 0.2) is 30.3 Å². The molecule has 0 saturated heterocycles. The molecule has 0 saturated carbocycles. The molecule has 0 bridgehead atoms. The van der Waals surface area contributed by atoms with Crippen LogP contribution < -0.4 is 0 Å². The number of imidazole rings is 1. The first-order valence-electron chi connectivity index (χ1n) is 7.07. The van der Waals surface area contributed by atoms with Crippen molar-refractivity contribution in [1.82, 2.24) is 14.5 Å². The van der Waals surface area contributed by atoms with Gasteiger partial charge in [-0.1, -0.05) is 42.3 Å². The third-order valence-corrected chi connectivity index (χ3v) is 4.21. The molecule has 2 heterocycles. The molecule has 0 unspecified atom stereocenters. The second kappa shape index (κ2) is 6.24. The Balaban J connectivity index is 2.17. The Bertz CT molecular complexity index is 812. The molecule has 0 atom stereocenters. The fourth-order valence-corrected chi connectivity index (χ4v) is 2.75. The van der Waals surface area contributed by atoms with Gasteiger partial charge in [-0.25, -0.2) is 9.97 Å². The van der Waals surface area contributed by atoms with Crippen LogP contribution in [0.1, 0.15) is 18.3 Å². The van der Waals surface area contributed by atoms with Gasteiger partial charge in [0.15, 0.2) is 5.65 Å². The number of hydrogen-bond donors (Lipinski definition) is 1. The van der Waals surface area contributed by atoms with E-state index >= 15 is 0 Å². The van der Waals surface area contributed by atoms with Gasteiger partial charge in [0.1, 0.15) is 11.0 Å². The van der Waals surface area contributed by atoms with E-state index in [1.165, 1.54) is 0 Å². The molecule has 3 aromatic rings. The molecule has 0 amide bonds. The molecule has 4 nitrogen and oxygen atoms in total. The third-order valence-electron chi connectivity index (χ3n) is 3.54. The summed E-state index contributed by atoms with van der Waals surface area (Å²) >= 11 is 12.1. The fraction of sp³-hybridized carbons (Fsp3) is 0.250. The first-order valence-corrected chi connectivity index (χ1v) is 7.83. The smallest absolute Gasteiger partial charge is 0.179 e. The number of aliphatic hydroxyl groups excluding tert-OH is 1. The zero-order chi connectivity index (χ0) is 15.7. The van der Waals surface area contributed by atoms with Crippen LogP contribution in [0.25, 0.3) is 16.9 Å². The van der Waals surface area contributed by atoms with Crippen LogP contribution >= 0.6 is 23.2 Å². The number of halogens is 2. The minimum atomic E-state index is 0.144. The molecule has 3 rings (SSSR count). The average Bonchev–Trinajstić information content (AvgIpc) is 2.86. The predicted molar refractivity (Wildman–Crippen MR) is 89.1 cm³/mol. The van der Waals surface area contributed by atoms with Crippen LogP contribution in [0, 0.1) is 0 Å². The normalized spacial score (nSPS) is 11.3. The fourth-order valence-electron chi connectivity index (χ4n) is 2.47. The summed E-state index contributed by atoms with van der Waals surface area (Å²) in [4.78, 5) is 8.78. The molecule has 0 aliphatic rings. The van der Waals surface area contributed by atoms with Crippen LogP contribution in [-0.2, 0) is 12.8 Å². The van der Waals surface area contributed by atoms with Crippen LogP contribution in [0.5, 0.6) is 0 Å². The van der Waals surface area contributed by atoms with Crippen molar-refractivity contribution in [1.29, 1.82) is 0 Å². The van der Waals surface area contributed by atoms with Gasteiger partial charge < -0.3 is 5.11 Å². The molecule has 6 heteroatoms. The SMILES string of the molecule is CCc1nc2nc(Cl)c(Cl)cc2n1-c1ccc(CCO)cc1. The van der Waals surface area contributed by atoms with Gasteiger partial charge in [-0.05, 0) is 30.2 Å². The highest BCUT2D eigenvalue weighted by Gasteiger charge is 2.14. The van der Waals surface area contributed by atoms with E-state index in [-0.39, 0.29) is 11.8 Å². The average molecular weight is 336 g/mol. The second-order valence-electron chi connectivity index (χ2n) is 4.96. The lowest BCUT2D eigenvalue weighted by Gasteiger charge is -2.09. The highest BCUT2D eigenvalue weighted by molar-refractivity contribution is 6.41. The summed E-state index contributed by atoms with van der Waals surface area (Å²) in [5.74, 6) is 0.899. The highest BCUT2D eigenvalue weighted by Crippen LogP contribution is 2.28. The number of hydrogen-bond acceptors (Lipinski definition) is 3. The van der Waals surface area contributed by atoms with Crippen LogP contribution in [0.3, 0.4) is 0 Å². The molecule has 1 aromatic carbocycles. The van der Waals surface area contributed by atoms with Gasteiger partial charge in [0.25, 0.3) is 0 Å². The highest BCUT2D eigenvalue weighted by atomic mass is 35.5. The number of pyridine rings is 1. The van der Waals surface area contributed by atoms with Crippen molar-refractivity contribution in [3.63, 3.8) is 0 Å². The predicted octanol–water partition coefficient (Wildman–Crippen LogP) is 3.82. The first kappa shape index (κ1) is 15.3. The van der Waals surface area contributed by atoms with Crippen molar-refractivity contribution < 1.29 is 5.11 Å². The Morgan fingerprint density at radius 2 is 1.86 bits per heavy atom.